The number of benzene rings is 1. The first-order valence-corrected chi connectivity index (χ1v) is 8.00. The Bertz CT molecular complexity index is 766. The van der Waals surface area contributed by atoms with Crippen molar-refractivity contribution in [3.63, 3.8) is 0 Å². The molecular weight excluding hydrogens is 320 g/mol. The van der Waals surface area contributed by atoms with Gasteiger partial charge in [-0.15, -0.1) is 5.10 Å². The second kappa shape index (κ2) is 6.07. The maximum Gasteiger partial charge on any atom is 0.435 e. The Balaban J connectivity index is 2.62. The Kier molecular flexibility index (Phi) is 4.51. The summed E-state index contributed by atoms with van der Waals surface area (Å²) < 4.78 is 8.20. The van der Waals surface area contributed by atoms with Crippen LogP contribution in [0, 0.1) is 10.1 Å². The molecule has 1 aromatic heterocycles. The average Bonchev–Trinajstić information content (AvgIpc) is 2.83. The fraction of sp³-hybridized carbons (Fsp3) is 0.429. The van der Waals surface area contributed by atoms with Crippen molar-refractivity contribution in [2.75, 3.05) is 17.6 Å². The van der Waals surface area contributed by atoms with Crippen molar-refractivity contribution in [2.45, 2.75) is 26.4 Å². The molecule has 0 aliphatic rings. The number of anilines is 1. The second-order valence-corrected chi connectivity index (χ2v) is 6.77. The van der Waals surface area contributed by atoms with Crippen LogP contribution in [-0.4, -0.2) is 39.7 Å². The molecule has 0 atom stereocenters. The lowest BCUT2D eigenvalue weighted by Crippen LogP contribution is -2.27. The number of hydrogen-bond donors (Lipinski definition) is 0. The lowest BCUT2D eigenvalue weighted by atomic mass is 10.2. The van der Waals surface area contributed by atoms with Crippen LogP contribution in [0.1, 0.15) is 20.8 Å². The van der Waals surface area contributed by atoms with Crippen LogP contribution in [0.3, 0.4) is 0 Å². The molecule has 2 aromatic rings. The Morgan fingerprint density at radius 2 is 2.09 bits per heavy atom. The average molecular weight is 338 g/mol. The molecule has 0 aliphatic heterocycles. The predicted octanol–water partition coefficient (Wildman–Crippen LogP) is 3.44. The Morgan fingerprint density at radius 1 is 1.43 bits per heavy atom. The summed E-state index contributed by atoms with van der Waals surface area (Å²) in [6.07, 6.45) is 1.22. The molecule has 0 aliphatic carbocycles. The van der Waals surface area contributed by atoms with Gasteiger partial charge in [0.15, 0.2) is 5.82 Å². The summed E-state index contributed by atoms with van der Waals surface area (Å²) in [7, 11) is 1.77. The summed E-state index contributed by atoms with van der Waals surface area (Å²) in [5, 5.41) is 15.8. The maximum atomic E-state index is 12.3. The number of ether oxygens (including phenoxy) is 1. The van der Waals surface area contributed by atoms with Gasteiger partial charge in [-0.25, -0.2) is 4.79 Å². The largest absolute Gasteiger partial charge is 0.442 e. The molecule has 0 spiro atoms. The third kappa shape index (κ3) is 3.55. The lowest BCUT2D eigenvalue weighted by Gasteiger charge is -2.19. The molecule has 0 saturated heterocycles. The molecule has 1 aromatic carbocycles. The molecule has 1 heterocycles. The van der Waals surface area contributed by atoms with Crippen LogP contribution >= 0.6 is 11.9 Å². The van der Waals surface area contributed by atoms with Crippen molar-refractivity contribution < 1.29 is 14.5 Å². The minimum absolute atomic E-state index is 0.0583. The third-order valence-corrected chi connectivity index (χ3v) is 3.71. The van der Waals surface area contributed by atoms with Crippen LogP contribution in [0.25, 0.3) is 10.9 Å². The number of nitro groups is 1. The normalized spacial score (nSPS) is 11.5. The van der Waals surface area contributed by atoms with Gasteiger partial charge in [-0.2, -0.15) is 4.68 Å². The number of nitrogens with zero attached hydrogens (tertiary/aromatic N) is 4. The molecule has 0 radical (unpaired) electrons. The van der Waals surface area contributed by atoms with E-state index in [1.54, 1.807) is 32.1 Å². The minimum atomic E-state index is -0.665. The van der Waals surface area contributed by atoms with Crippen LogP contribution in [0.15, 0.2) is 18.2 Å². The van der Waals surface area contributed by atoms with E-state index in [0.717, 1.165) is 4.68 Å². The van der Waals surface area contributed by atoms with Gasteiger partial charge in [0.25, 0.3) is 5.69 Å². The zero-order valence-corrected chi connectivity index (χ0v) is 14.4. The van der Waals surface area contributed by atoms with Crippen molar-refractivity contribution >= 4 is 40.4 Å². The fourth-order valence-electron chi connectivity index (χ4n) is 1.97. The van der Waals surface area contributed by atoms with Crippen LogP contribution in [-0.2, 0) is 4.74 Å². The highest BCUT2D eigenvalue weighted by Gasteiger charge is 2.24. The summed E-state index contributed by atoms with van der Waals surface area (Å²) in [5.41, 5.74) is -0.264. The van der Waals surface area contributed by atoms with Crippen LogP contribution in [0.2, 0.25) is 0 Å². The monoisotopic (exact) mass is 338 g/mol. The second-order valence-electron chi connectivity index (χ2n) is 5.85. The summed E-state index contributed by atoms with van der Waals surface area (Å²) in [4.78, 5) is 22.8. The topological polar surface area (TPSA) is 90.5 Å². The smallest absolute Gasteiger partial charge is 0.435 e. The number of rotatable bonds is 3. The Labute approximate surface area is 137 Å². The van der Waals surface area contributed by atoms with E-state index in [0.29, 0.717) is 16.7 Å². The van der Waals surface area contributed by atoms with E-state index < -0.39 is 16.6 Å². The molecule has 0 amide bonds. The number of nitro benzene ring substituents is 1. The van der Waals surface area contributed by atoms with Crippen molar-refractivity contribution in [3.05, 3.63) is 28.3 Å². The highest BCUT2D eigenvalue weighted by Crippen LogP contribution is 2.31. The van der Waals surface area contributed by atoms with E-state index in [4.69, 9.17) is 4.74 Å². The molecule has 8 nitrogen and oxygen atoms in total. The SMILES string of the molecule is CSN(C)c1nn(C(=O)OC(C)(C)C)c2ccc([N+](=O)[O-])cc12. The van der Waals surface area contributed by atoms with Crippen molar-refractivity contribution in [2.24, 2.45) is 0 Å². The van der Waals surface area contributed by atoms with E-state index in [9.17, 15) is 14.9 Å². The van der Waals surface area contributed by atoms with Crippen LogP contribution < -0.4 is 4.31 Å². The number of non-ortho nitro benzene ring substituents is 1. The molecule has 0 N–H and O–H groups in total. The van der Waals surface area contributed by atoms with Gasteiger partial charge < -0.3 is 9.04 Å². The quantitative estimate of drug-likeness (QED) is 0.481. The first kappa shape index (κ1) is 17.1. The van der Waals surface area contributed by atoms with E-state index >= 15 is 0 Å². The van der Waals surface area contributed by atoms with Crippen LogP contribution in [0.5, 0.6) is 0 Å². The van der Waals surface area contributed by atoms with Crippen molar-refractivity contribution in [1.29, 1.82) is 0 Å². The Hall–Kier alpha value is -2.29. The highest BCUT2D eigenvalue weighted by atomic mass is 32.2. The summed E-state index contributed by atoms with van der Waals surface area (Å²) >= 11 is 1.38. The molecule has 0 fully saturated rings. The fourth-order valence-corrected chi connectivity index (χ4v) is 2.28. The summed E-state index contributed by atoms with van der Waals surface area (Å²) in [5.74, 6) is 0.460. The highest BCUT2D eigenvalue weighted by molar-refractivity contribution is 7.99. The van der Waals surface area contributed by atoms with Gasteiger partial charge in [0.1, 0.15) is 5.60 Å². The Morgan fingerprint density at radius 3 is 2.61 bits per heavy atom. The van der Waals surface area contributed by atoms with Gasteiger partial charge in [0.05, 0.1) is 15.8 Å². The number of carbonyl (C=O) groups excluding carboxylic acids is 1. The van der Waals surface area contributed by atoms with Crippen molar-refractivity contribution in [1.82, 2.24) is 9.78 Å². The third-order valence-electron chi connectivity index (χ3n) is 2.99. The molecular formula is C14H18N4O4S. The predicted molar refractivity (Wildman–Crippen MR) is 89.9 cm³/mol. The molecule has 0 saturated carbocycles. The first-order chi connectivity index (χ1) is 10.6. The maximum absolute atomic E-state index is 12.3. The van der Waals surface area contributed by atoms with Gasteiger partial charge in [0, 0.05) is 25.4 Å². The standard InChI is InChI=1S/C14H18N4O4S/c1-14(2,3)22-13(19)17-11-7-6-9(18(20)21)8-10(11)12(15-17)16(4)23-5/h6-8H,1-5H3. The van der Waals surface area contributed by atoms with Gasteiger partial charge >= 0.3 is 6.09 Å². The minimum Gasteiger partial charge on any atom is -0.442 e. The number of carbonyl (C=O) groups is 1. The molecule has 2 rings (SSSR count). The summed E-state index contributed by atoms with van der Waals surface area (Å²) in [6, 6.07) is 4.25. The number of hydrogen-bond acceptors (Lipinski definition) is 7. The van der Waals surface area contributed by atoms with E-state index in [-0.39, 0.29) is 5.69 Å². The summed E-state index contributed by atoms with van der Waals surface area (Å²) in [6.45, 7) is 5.28. The van der Waals surface area contributed by atoms with Gasteiger partial charge in [0.2, 0.25) is 0 Å². The van der Waals surface area contributed by atoms with Crippen LogP contribution in [0.4, 0.5) is 16.3 Å². The van der Waals surface area contributed by atoms with Gasteiger partial charge in [-0.05, 0) is 26.8 Å². The van der Waals surface area contributed by atoms with Crippen molar-refractivity contribution in [3.8, 4) is 0 Å². The molecule has 23 heavy (non-hydrogen) atoms. The molecule has 9 heteroatoms. The molecule has 0 unspecified atom stereocenters. The van der Waals surface area contributed by atoms with E-state index in [2.05, 4.69) is 5.10 Å². The first-order valence-electron chi connectivity index (χ1n) is 6.82. The number of aromatic nitrogens is 2. The van der Waals surface area contributed by atoms with E-state index in [1.165, 1.54) is 30.1 Å². The van der Waals surface area contributed by atoms with Gasteiger partial charge in [-0.1, -0.05) is 11.9 Å². The number of fused-ring (bicyclic) bond motifs is 1. The molecule has 0 bridgehead atoms. The molecule has 124 valence electrons. The van der Waals surface area contributed by atoms with E-state index in [1.807, 2.05) is 6.26 Å². The zero-order chi connectivity index (χ0) is 17.4. The lowest BCUT2D eigenvalue weighted by molar-refractivity contribution is -0.384. The van der Waals surface area contributed by atoms with Gasteiger partial charge in [-0.3, -0.25) is 10.1 Å². The zero-order valence-electron chi connectivity index (χ0n) is 13.6.